The normalized spacial score (nSPS) is 23.3. The number of para-hydroxylation sites is 1. The Morgan fingerprint density at radius 1 is 1.19 bits per heavy atom. The lowest BCUT2D eigenvalue weighted by molar-refractivity contribution is -0.143. The van der Waals surface area contributed by atoms with Crippen molar-refractivity contribution >= 4 is 46.0 Å². The number of aliphatic hydroxyl groups excluding tert-OH is 2. The molecule has 2 aromatic carbocycles. The van der Waals surface area contributed by atoms with Gasteiger partial charge in [-0.1, -0.05) is 35.9 Å². The molecule has 0 bridgehead atoms. The third kappa shape index (κ3) is 7.02. The standard InChI is InChI=1S/C27H30ClIN2O6/c28-20-7-5-17(6-8-20)15-31(27(35)18-9-12-36-16-18)22-13-19(26(34)30-10-11-32)14-24(25(22)33)37-23-4-2-1-3-21(23)29/h1-8,14,18,22,24-25,32-33H,9-13,15-16H2,(H,30,34). The Bertz CT molecular complexity index is 1120. The largest absolute Gasteiger partial charge is 0.482 e. The zero-order chi connectivity index (χ0) is 26.4. The van der Waals surface area contributed by atoms with Crippen LogP contribution < -0.4 is 10.1 Å². The lowest BCUT2D eigenvalue weighted by Crippen LogP contribution is -2.56. The fraction of sp³-hybridized carbons (Fsp3) is 0.407. The second kappa shape index (κ2) is 13.1. The number of aliphatic hydroxyl groups is 2. The highest BCUT2D eigenvalue weighted by atomic mass is 127. The number of benzene rings is 2. The number of rotatable bonds is 9. The summed E-state index contributed by atoms with van der Waals surface area (Å²) in [5.41, 5.74) is 1.23. The quantitative estimate of drug-likeness (QED) is 0.364. The van der Waals surface area contributed by atoms with Gasteiger partial charge < -0.3 is 29.9 Å². The minimum Gasteiger partial charge on any atom is -0.482 e. The first kappa shape index (κ1) is 27.8. The van der Waals surface area contributed by atoms with Gasteiger partial charge >= 0.3 is 0 Å². The van der Waals surface area contributed by atoms with E-state index in [0.717, 1.165) is 9.13 Å². The van der Waals surface area contributed by atoms with Crippen LogP contribution in [0.15, 0.2) is 60.2 Å². The first-order valence-corrected chi connectivity index (χ1v) is 13.6. The van der Waals surface area contributed by atoms with Crippen molar-refractivity contribution in [1.29, 1.82) is 0 Å². The Morgan fingerprint density at radius 2 is 1.95 bits per heavy atom. The molecule has 4 unspecified atom stereocenters. The van der Waals surface area contributed by atoms with E-state index in [1.165, 1.54) is 0 Å². The van der Waals surface area contributed by atoms with Crippen LogP contribution in [0.4, 0.5) is 0 Å². The predicted molar refractivity (Wildman–Crippen MR) is 147 cm³/mol. The first-order valence-electron chi connectivity index (χ1n) is 12.2. The summed E-state index contributed by atoms with van der Waals surface area (Å²) >= 11 is 8.22. The molecule has 1 heterocycles. The maximum Gasteiger partial charge on any atom is 0.247 e. The Morgan fingerprint density at radius 3 is 2.62 bits per heavy atom. The number of ether oxygens (including phenoxy) is 2. The average molecular weight is 641 g/mol. The second-order valence-electron chi connectivity index (χ2n) is 9.10. The monoisotopic (exact) mass is 640 g/mol. The van der Waals surface area contributed by atoms with Crippen LogP contribution in [0.3, 0.4) is 0 Å². The van der Waals surface area contributed by atoms with Crippen LogP contribution in [0.1, 0.15) is 18.4 Å². The molecule has 1 aliphatic carbocycles. The molecule has 0 aromatic heterocycles. The SMILES string of the molecule is O=C(NCCO)C1=CC(Oc2ccccc2I)C(O)C(N(Cc2ccc(Cl)cc2)C(=O)C2CCOC2)C1. The van der Waals surface area contributed by atoms with Crippen LogP contribution in [0.2, 0.25) is 5.02 Å². The molecule has 198 valence electrons. The lowest BCUT2D eigenvalue weighted by atomic mass is 9.87. The molecule has 1 fully saturated rings. The summed E-state index contributed by atoms with van der Waals surface area (Å²) in [6.45, 7) is 0.954. The number of hydrogen-bond donors (Lipinski definition) is 3. The van der Waals surface area contributed by atoms with Crippen LogP contribution in [0.5, 0.6) is 5.75 Å². The van der Waals surface area contributed by atoms with Crippen molar-refractivity contribution in [3.05, 3.63) is 74.3 Å². The molecular formula is C27H30ClIN2O6. The summed E-state index contributed by atoms with van der Waals surface area (Å²) in [5, 5.41) is 24.0. The lowest BCUT2D eigenvalue weighted by Gasteiger charge is -2.41. The van der Waals surface area contributed by atoms with Gasteiger partial charge in [0.05, 0.1) is 28.7 Å². The Labute approximate surface area is 234 Å². The maximum absolute atomic E-state index is 13.7. The summed E-state index contributed by atoms with van der Waals surface area (Å²) in [5.74, 6) is -0.266. The van der Waals surface area contributed by atoms with E-state index in [-0.39, 0.29) is 43.8 Å². The number of nitrogens with one attached hydrogen (secondary N) is 1. The molecular weight excluding hydrogens is 611 g/mol. The fourth-order valence-corrected chi connectivity index (χ4v) is 5.22. The van der Waals surface area contributed by atoms with E-state index < -0.39 is 18.2 Å². The van der Waals surface area contributed by atoms with E-state index in [9.17, 15) is 19.8 Å². The van der Waals surface area contributed by atoms with Crippen LogP contribution in [0, 0.1) is 9.49 Å². The molecule has 2 aliphatic rings. The summed E-state index contributed by atoms with van der Waals surface area (Å²) in [6.07, 6.45) is 0.381. The van der Waals surface area contributed by atoms with Gasteiger partial charge in [-0.15, -0.1) is 0 Å². The van der Waals surface area contributed by atoms with Crippen LogP contribution in [-0.2, 0) is 20.9 Å². The highest BCUT2D eigenvalue weighted by Crippen LogP contribution is 2.32. The molecule has 3 N–H and O–H groups in total. The molecule has 4 rings (SSSR count). The van der Waals surface area contributed by atoms with Gasteiger partial charge in [-0.05, 0) is 64.9 Å². The molecule has 0 spiro atoms. The molecule has 0 saturated carbocycles. The Hall–Kier alpha value is -2.18. The molecule has 1 saturated heterocycles. The van der Waals surface area contributed by atoms with Crippen molar-refractivity contribution in [3.8, 4) is 5.75 Å². The Kier molecular flexibility index (Phi) is 9.83. The highest BCUT2D eigenvalue weighted by molar-refractivity contribution is 14.1. The van der Waals surface area contributed by atoms with E-state index in [4.69, 9.17) is 21.1 Å². The molecule has 2 amide bonds. The number of halogens is 2. The van der Waals surface area contributed by atoms with Gasteiger partial charge in [0.2, 0.25) is 11.8 Å². The third-order valence-corrected chi connectivity index (χ3v) is 7.69. The zero-order valence-electron chi connectivity index (χ0n) is 20.2. The van der Waals surface area contributed by atoms with Crippen LogP contribution in [-0.4, -0.2) is 71.5 Å². The van der Waals surface area contributed by atoms with Gasteiger partial charge in [0.15, 0.2) is 0 Å². The van der Waals surface area contributed by atoms with Crippen molar-refractivity contribution in [2.75, 3.05) is 26.4 Å². The van der Waals surface area contributed by atoms with E-state index in [2.05, 4.69) is 27.9 Å². The van der Waals surface area contributed by atoms with E-state index in [0.29, 0.717) is 36.0 Å². The van der Waals surface area contributed by atoms with Crippen LogP contribution in [0.25, 0.3) is 0 Å². The van der Waals surface area contributed by atoms with Crippen molar-refractivity contribution in [3.63, 3.8) is 0 Å². The van der Waals surface area contributed by atoms with E-state index in [1.54, 1.807) is 29.2 Å². The maximum atomic E-state index is 13.7. The first-order chi connectivity index (χ1) is 17.9. The van der Waals surface area contributed by atoms with Crippen molar-refractivity contribution in [2.45, 2.75) is 37.6 Å². The summed E-state index contributed by atoms with van der Waals surface area (Å²) < 4.78 is 12.5. The number of nitrogens with zero attached hydrogens (tertiary/aromatic N) is 1. The predicted octanol–water partition coefficient (Wildman–Crippen LogP) is 2.93. The van der Waals surface area contributed by atoms with Gasteiger partial charge in [-0.25, -0.2) is 0 Å². The smallest absolute Gasteiger partial charge is 0.247 e. The molecule has 0 radical (unpaired) electrons. The highest BCUT2D eigenvalue weighted by Gasteiger charge is 2.42. The van der Waals surface area contributed by atoms with Gasteiger partial charge in [0.1, 0.15) is 18.0 Å². The van der Waals surface area contributed by atoms with Gasteiger partial charge in [-0.3, -0.25) is 9.59 Å². The molecule has 10 heteroatoms. The molecule has 4 atom stereocenters. The molecule has 1 aliphatic heterocycles. The number of hydrogen-bond acceptors (Lipinski definition) is 6. The summed E-state index contributed by atoms with van der Waals surface area (Å²) in [7, 11) is 0. The van der Waals surface area contributed by atoms with Crippen LogP contribution >= 0.6 is 34.2 Å². The van der Waals surface area contributed by atoms with Crippen molar-refractivity contribution in [2.24, 2.45) is 5.92 Å². The molecule has 37 heavy (non-hydrogen) atoms. The summed E-state index contributed by atoms with van der Waals surface area (Å²) in [4.78, 5) is 28.3. The Balaban J connectivity index is 1.68. The second-order valence-corrected chi connectivity index (χ2v) is 10.7. The molecule has 8 nitrogen and oxygen atoms in total. The number of amides is 2. The topological polar surface area (TPSA) is 108 Å². The summed E-state index contributed by atoms with van der Waals surface area (Å²) in [6, 6.07) is 13.9. The number of carbonyl (C=O) groups is 2. The van der Waals surface area contributed by atoms with Gasteiger partial charge in [0, 0.05) is 36.7 Å². The average Bonchev–Trinajstić information content (AvgIpc) is 3.44. The number of carbonyl (C=O) groups excluding carboxylic acids is 2. The minimum absolute atomic E-state index is 0.0956. The van der Waals surface area contributed by atoms with Crippen molar-refractivity contribution < 1.29 is 29.3 Å². The van der Waals surface area contributed by atoms with Crippen molar-refractivity contribution in [1.82, 2.24) is 10.2 Å². The minimum atomic E-state index is -1.09. The van der Waals surface area contributed by atoms with E-state index in [1.807, 2.05) is 30.3 Å². The van der Waals surface area contributed by atoms with Gasteiger partial charge in [0.25, 0.3) is 0 Å². The van der Waals surface area contributed by atoms with E-state index >= 15 is 0 Å². The zero-order valence-corrected chi connectivity index (χ0v) is 23.1. The third-order valence-electron chi connectivity index (χ3n) is 6.54. The molecule has 2 aromatic rings. The van der Waals surface area contributed by atoms with Gasteiger partial charge in [-0.2, -0.15) is 0 Å². The fourth-order valence-electron chi connectivity index (χ4n) is 4.58.